The van der Waals surface area contributed by atoms with Crippen LogP contribution >= 0.6 is 11.6 Å². The van der Waals surface area contributed by atoms with E-state index in [0.717, 1.165) is 0 Å². The second-order valence-electron chi connectivity index (χ2n) is 6.83. The standard InChI is InChI=1S/C24H17ClN2O5/c1-14-9-17(24(30)31)5-7-20(14)27-22(28)13-32-21-8-6-18(25)11-19(21)23(29)16-4-2-3-15(10-16)12-26/h2-11H,13H2,1H3,(H,27,28)(H,30,31). The Bertz CT molecular complexity index is 1260. The highest BCUT2D eigenvalue weighted by atomic mass is 35.5. The molecule has 0 spiro atoms. The van der Waals surface area contributed by atoms with Gasteiger partial charge in [-0.1, -0.05) is 23.7 Å². The van der Waals surface area contributed by atoms with Crippen molar-refractivity contribution in [1.29, 1.82) is 5.26 Å². The minimum atomic E-state index is -1.06. The molecule has 0 atom stereocenters. The van der Waals surface area contributed by atoms with E-state index in [1.807, 2.05) is 6.07 Å². The number of rotatable bonds is 7. The molecular weight excluding hydrogens is 432 g/mol. The van der Waals surface area contributed by atoms with Gasteiger partial charge in [-0.05, 0) is 61.0 Å². The van der Waals surface area contributed by atoms with Crippen molar-refractivity contribution in [2.24, 2.45) is 0 Å². The number of benzene rings is 3. The summed E-state index contributed by atoms with van der Waals surface area (Å²) in [5, 5.41) is 21.1. The summed E-state index contributed by atoms with van der Waals surface area (Å²) in [5.41, 5.74) is 1.92. The van der Waals surface area contributed by atoms with Crippen molar-refractivity contribution in [2.75, 3.05) is 11.9 Å². The molecule has 0 aromatic heterocycles. The third-order valence-corrected chi connectivity index (χ3v) is 4.78. The summed E-state index contributed by atoms with van der Waals surface area (Å²) in [7, 11) is 0. The van der Waals surface area contributed by atoms with Crippen LogP contribution in [0.5, 0.6) is 5.75 Å². The number of ketones is 1. The number of aromatic carboxylic acids is 1. The molecular formula is C24H17ClN2O5. The van der Waals surface area contributed by atoms with Crippen molar-refractivity contribution < 1.29 is 24.2 Å². The Balaban J connectivity index is 1.75. The van der Waals surface area contributed by atoms with E-state index in [1.165, 1.54) is 42.5 Å². The van der Waals surface area contributed by atoms with Crippen LogP contribution in [0.4, 0.5) is 5.69 Å². The average Bonchev–Trinajstić information content (AvgIpc) is 2.79. The molecule has 2 N–H and O–H groups in total. The van der Waals surface area contributed by atoms with E-state index >= 15 is 0 Å². The third kappa shape index (κ3) is 5.31. The largest absolute Gasteiger partial charge is 0.483 e. The highest BCUT2D eigenvalue weighted by Crippen LogP contribution is 2.26. The van der Waals surface area contributed by atoms with Crippen LogP contribution in [0.3, 0.4) is 0 Å². The number of carboxylic acids is 1. The van der Waals surface area contributed by atoms with Gasteiger partial charge in [0.05, 0.1) is 22.8 Å². The Labute approximate surface area is 188 Å². The smallest absolute Gasteiger partial charge is 0.335 e. The predicted molar refractivity (Wildman–Crippen MR) is 118 cm³/mol. The monoisotopic (exact) mass is 448 g/mol. The fourth-order valence-corrected chi connectivity index (χ4v) is 3.13. The molecule has 0 aliphatic carbocycles. The second-order valence-corrected chi connectivity index (χ2v) is 7.27. The maximum atomic E-state index is 13.0. The maximum absolute atomic E-state index is 13.0. The Kier molecular flexibility index (Phi) is 6.88. The van der Waals surface area contributed by atoms with Gasteiger partial charge in [0.1, 0.15) is 5.75 Å². The van der Waals surface area contributed by atoms with Crippen LogP contribution in [0.15, 0.2) is 60.7 Å². The molecule has 3 rings (SSSR count). The Morgan fingerprint density at radius 2 is 1.84 bits per heavy atom. The van der Waals surface area contributed by atoms with Gasteiger partial charge in [-0.15, -0.1) is 0 Å². The van der Waals surface area contributed by atoms with E-state index in [-0.39, 0.29) is 29.0 Å². The molecule has 0 radical (unpaired) electrons. The molecule has 3 aromatic carbocycles. The molecule has 3 aromatic rings. The molecule has 0 heterocycles. The number of carbonyl (C=O) groups excluding carboxylic acids is 2. The highest BCUT2D eigenvalue weighted by molar-refractivity contribution is 6.31. The van der Waals surface area contributed by atoms with Crippen LogP contribution in [0.25, 0.3) is 0 Å². The van der Waals surface area contributed by atoms with E-state index < -0.39 is 17.7 Å². The molecule has 0 saturated carbocycles. The van der Waals surface area contributed by atoms with E-state index in [0.29, 0.717) is 21.8 Å². The van der Waals surface area contributed by atoms with Crippen molar-refractivity contribution in [2.45, 2.75) is 6.92 Å². The van der Waals surface area contributed by atoms with Gasteiger partial charge in [0.2, 0.25) is 0 Å². The van der Waals surface area contributed by atoms with Gasteiger partial charge in [-0.25, -0.2) is 4.79 Å². The number of nitrogens with zero attached hydrogens (tertiary/aromatic N) is 1. The van der Waals surface area contributed by atoms with Gasteiger partial charge in [-0.2, -0.15) is 5.26 Å². The number of nitriles is 1. The first-order valence-electron chi connectivity index (χ1n) is 9.39. The molecule has 7 nitrogen and oxygen atoms in total. The highest BCUT2D eigenvalue weighted by Gasteiger charge is 2.17. The lowest BCUT2D eigenvalue weighted by molar-refractivity contribution is -0.118. The Morgan fingerprint density at radius 3 is 2.53 bits per heavy atom. The summed E-state index contributed by atoms with van der Waals surface area (Å²) in [6.45, 7) is 1.29. The van der Waals surface area contributed by atoms with Crippen LogP contribution in [0, 0.1) is 18.3 Å². The van der Waals surface area contributed by atoms with E-state index in [2.05, 4.69) is 5.32 Å². The van der Waals surface area contributed by atoms with Gasteiger partial charge in [-0.3, -0.25) is 9.59 Å². The average molecular weight is 449 g/mol. The maximum Gasteiger partial charge on any atom is 0.335 e. The van der Waals surface area contributed by atoms with Crippen LogP contribution in [-0.4, -0.2) is 29.4 Å². The van der Waals surface area contributed by atoms with Crippen LogP contribution < -0.4 is 10.1 Å². The van der Waals surface area contributed by atoms with Gasteiger partial charge < -0.3 is 15.2 Å². The molecule has 0 aliphatic heterocycles. The first-order chi connectivity index (χ1) is 15.3. The number of amides is 1. The van der Waals surface area contributed by atoms with Crippen molar-refractivity contribution in [3.63, 3.8) is 0 Å². The first kappa shape index (κ1) is 22.5. The van der Waals surface area contributed by atoms with Crippen LogP contribution in [-0.2, 0) is 4.79 Å². The lowest BCUT2D eigenvalue weighted by Gasteiger charge is -2.13. The lowest BCUT2D eigenvalue weighted by atomic mass is 10.0. The lowest BCUT2D eigenvalue weighted by Crippen LogP contribution is -2.21. The summed E-state index contributed by atoms with van der Waals surface area (Å²) in [6, 6.07) is 17.0. The van der Waals surface area contributed by atoms with E-state index in [9.17, 15) is 14.4 Å². The quantitative estimate of drug-likeness (QED) is 0.515. The van der Waals surface area contributed by atoms with Gasteiger partial charge in [0, 0.05) is 16.3 Å². The molecule has 32 heavy (non-hydrogen) atoms. The van der Waals surface area contributed by atoms with Gasteiger partial charge >= 0.3 is 5.97 Å². The second kappa shape index (κ2) is 9.77. The Morgan fingerprint density at radius 1 is 1.06 bits per heavy atom. The minimum Gasteiger partial charge on any atom is -0.483 e. The van der Waals surface area contributed by atoms with Crippen molar-refractivity contribution >= 4 is 34.9 Å². The summed E-state index contributed by atoms with van der Waals surface area (Å²) in [5.74, 6) is -1.79. The topological polar surface area (TPSA) is 116 Å². The van der Waals surface area contributed by atoms with Crippen molar-refractivity contribution in [3.05, 3.63) is 93.5 Å². The number of anilines is 1. The normalized spacial score (nSPS) is 10.2. The molecule has 0 bridgehead atoms. The number of halogens is 1. The molecule has 0 saturated heterocycles. The summed E-state index contributed by atoms with van der Waals surface area (Å²) in [6.07, 6.45) is 0. The summed E-state index contributed by atoms with van der Waals surface area (Å²) >= 11 is 6.05. The predicted octanol–water partition coefficient (Wildman–Crippen LogP) is 4.47. The van der Waals surface area contributed by atoms with Gasteiger partial charge in [0.15, 0.2) is 12.4 Å². The fraction of sp³-hybridized carbons (Fsp3) is 0.0833. The molecule has 0 aliphatic rings. The number of carbonyl (C=O) groups is 3. The number of carboxylic acid groups (broad SMARTS) is 1. The number of aryl methyl sites for hydroxylation is 1. The molecule has 1 amide bonds. The van der Waals surface area contributed by atoms with Crippen LogP contribution in [0.2, 0.25) is 5.02 Å². The summed E-state index contributed by atoms with van der Waals surface area (Å²) in [4.78, 5) is 36.4. The minimum absolute atomic E-state index is 0.113. The molecule has 0 fully saturated rings. The Hall–Kier alpha value is -4.15. The molecule has 8 heteroatoms. The van der Waals surface area contributed by atoms with Gasteiger partial charge in [0.25, 0.3) is 5.91 Å². The number of hydrogen-bond acceptors (Lipinski definition) is 5. The van der Waals surface area contributed by atoms with Crippen LogP contribution in [0.1, 0.15) is 37.4 Å². The SMILES string of the molecule is Cc1cc(C(=O)O)ccc1NC(=O)COc1ccc(Cl)cc1C(=O)c1cccc(C#N)c1. The first-order valence-corrected chi connectivity index (χ1v) is 9.77. The number of ether oxygens (including phenoxy) is 1. The fourth-order valence-electron chi connectivity index (χ4n) is 2.96. The van der Waals surface area contributed by atoms with E-state index in [1.54, 1.807) is 25.1 Å². The van der Waals surface area contributed by atoms with Crippen molar-refractivity contribution in [3.8, 4) is 11.8 Å². The van der Waals surface area contributed by atoms with Crippen molar-refractivity contribution in [1.82, 2.24) is 0 Å². The summed E-state index contributed by atoms with van der Waals surface area (Å²) < 4.78 is 5.58. The number of nitrogens with one attached hydrogen (secondary N) is 1. The third-order valence-electron chi connectivity index (χ3n) is 4.55. The number of hydrogen-bond donors (Lipinski definition) is 2. The molecule has 0 unspecified atom stereocenters. The zero-order valence-electron chi connectivity index (χ0n) is 16.9. The zero-order valence-corrected chi connectivity index (χ0v) is 17.6. The zero-order chi connectivity index (χ0) is 23.3. The van der Waals surface area contributed by atoms with E-state index in [4.69, 9.17) is 26.7 Å². The molecule has 160 valence electrons.